The van der Waals surface area contributed by atoms with E-state index in [9.17, 15) is 4.79 Å². The quantitative estimate of drug-likeness (QED) is 0.697. The molecule has 0 bridgehead atoms. The van der Waals surface area contributed by atoms with E-state index >= 15 is 0 Å². The van der Waals surface area contributed by atoms with Crippen LogP contribution in [0.2, 0.25) is 5.02 Å². The number of hydrogen-bond acceptors (Lipinski definition) is 5. The van der Waals surface area contributed by atoms with Crippen LogP contribution in [0, 0.1) is 13.8 Å². The molecule has 6 nitrogen and oxygen atoms in total. The molecule has 2 N–H and O–H groups in total. The summed E-state index contributed by atoms with van der Waals surface area (Å²) in [4.78, 5) is 13.1. The summed E-state index contributed by atoms with van der Waals surface area (Å²) in [7, 11) is 0. The molecule has 27 heavy (non-hydrogen) atoms. The zero-order valence-corrected chi connectivity index (χ0v) is 16.4. The van der Waals surface area contributed by atoms with Crippen molar-refractivity contribution in [1.29, 1.82) is 0 Å². The number of carbonyl (C=O) groups excluding carboxylic acids is 1. The van der Waals surface area contributed by atoms with Crippen LogP contribution in [0.5, 0.6) is 0 Å². The lowest BCUT2D eigenvalue weighted by Gasteiger charge is -2.32. The summed E-state index contributed by atoms with van der Waals surface area (Å²) in [6.07, 6.45) is 0. The van der Waals surface area contributed by atoms with Gasteiger partial charge in [0.05, 0.1) is 16.8 Å². The van der Waals surface area contributed by atoms with Crippen LogP contribution in [0.25, 0.3) is 0 Å². The standard InChI is InChI=1S/C19H18ClN5OS/c1-11-7-9-13(10-8-11)16-17(27-19-23-22-12(2)25(19)24-16)18(26)21-15-6-4-3-5-14(15)20/h3-10,16-17,24H,1-2H3,(H,21,26). The van der Waals surface area contributed by atoms with Gasteiger partial charge in [0, 0.05) is 0 Å². The number of rotatable bonds is 3. The molecule has 1 aliphatic heterocycles. The predicted molar refractivity (Wildman–Crippen MR) is 108 cm³/mol. The minimum absolute atomic E-state index is 0.141. The van der Waals surface area contributed by atoms with Gasteiger partial charge in [0.1, 0.15) is 11.1 Å². The van der Waals surface area contributed by atoms with E-state index in [1.807, 2.05) is 54.9 Å². The van der Waals surface area contributed by atoms with Crippen molar-refractivity contribution in [1.82, 2.24) is 14.9 Å². The van der Waals surface area contributed by atoms with Crippen molar-refractivity contribution >= 4 is 35.0 Å². The van der Waals surface area contributed by atoms with Gasteiger partial charge in [-0.15, -0.1) is 10.2 Å². The van der Waals surface area contributed by atoms with Crippen molar-refractivity contribution in [3.05, 3.63) is 70.5 Å². The molecule has 8 heteroatoms. The fraction of sp³-hybridized carbons (Fsp3) is 0.211. The molecular formula is C19H18ClN5OS. The summed E-state index contributed by atoms with van der Waals surface area (Å²) < 4.78 is 1.83. The second-order valence-electron chi connectivity index (χ2n) is 6.39. The summed E-state index contributed by atoms with van der Waals surface area (Å²) in [6.45, 7) is 3.91. The Morgan fingerprint density at radius 3 is 2.63 bits per heavy atom. The fourth-order valence-corrected chi connectivity index (χ4v) is 4.26. The van der Waals surface area contributed by atoms with Crippen molar-refractivity contribution in [2.45, 2.75) is 30.3 Å². The average Bonchev–Trinajstić information content (AvgIpc) is 3.03. The first kappa shape index (κ1) is 17.9. The lowest BCUT2D eigenvalue weighted by Crippen LogP contribution is -2.41. The molecule has 138 valence electrons. The SMILES string of the molecule is Cc1ccc(C2Nn3c(C)nnc3SC2C(=O)Nc2ccccc2Cl)cc1. The van der Waals surface area contributed by atoms with E-state index in [-0.39, 0.29) is 11.9 Å². The Balaban J connectivity index is 1.68. The summed E-state index contributed by atoms with van der Waals surface area (Å²) in [5, 5.41) is 11.9. The highest BCUT2D eigenvalue weighted by atomic mass is 35.5. The van der Waals surface area contributed by atoms with E-state index in [2.05, 4.69) is 20.9 Å². The Morgan fingerprint density at radius 1 is 1.15 bits per heavy atom. The Morgan fingerprint density at radius 2 is 1.89 bits per heavy atom. The maximum atomic E-state index is 13.1. The van der Waals surface area contributed by atoms with Crippen LogP contribution in [0.3, 0.4) is 0 Å². The summed E-state index contributed by atoms with van der Waals surface area (Å²) in [6, 6.07) is 15.1. The second kappa shape index (κ2) is 7.25. The molecule has 0 fully saturated rings. The maximum Gasteiger partial charge on any atom is 0.240 e. The van der Waals surface area contributed by atoms with Gasteiger partial charge in [0.25, 0.3) is 0 Å². The first-order valence-electron chi connectivity index (χ1n) is 8.50. The van der Waals surface area contributed by atoms with Gasteiger partial charge in [0.15, 0.2) is 0 Å². The molecule has 0 aliphatic carbocycles. The number of para-hydroxylation sites is 1. The number of nitrogens with zero attached hydrogens (tertiary/aromatic N) is 3. The molecule has 0 spiro atoms. The summed E-state index contributed by atoms with van der Waals surface area (Å²) >= 11 is 7.59. The van der Waals surface area contributed by atoms with E-state index in [0.717, 1.165) is 11.4 Å². The van der Waals surface area contributed by atoms with Crippen molar-refractivity contribution < 1.29 is 4.79 Å². The minimum atomic E-state index is -0.430. The topological polar surface area (TPSA) is 71.8 Å². The number of amides is 1. The number of halogens is 1. The molecular weight excluding hydrogens is 382 g/mol. The number of aryl methyl sites for hydroxylation is 2. The molecule has 2 aromatic carbocycles. The molecule has 3 aromatic rings. The van der Waals surface area contributed by atoms with Gasteiger partial charge in [-0.3, -0.25) is 4.79 Å². The van der Waals surface area contributed by atoms with Gasteiger partial charge in [-0.2, -0.15) is 0 Å². The molecule has 0 saturated carbocycles. The minimum Gasteiger partial charge on any atom is -0.324 e. The Kier molecular flexibility index (Phi) is 4.80. The number of thioether (sulfide) groups is 1. The van der Waals surface area contributed by atoms with Crippen LogP contribution in [0.1, 0.15) is 23.0 Å². The summed E-state index contributed by atoms with van der Waals surface area (Å²) in [5.41, 5.74) is 6.17. The molecule has 1 aromatic heterocycles. The predicted octanol–water partition coefficient (Wildman–Crippen LogP) is 3.95. The van der Waals surface area contributed by atoms with Crippen LogP contribution in [-0.4, -0.2) is 26.0 Å². The van der Waals surface area contributed by atoms with Crippen molar-refractivity contribution in [2.75, 3.05) is 10.7 Å². The third-order valence-electron chi connectivity index (χ3n) is 4.43. The van der Waals surface area contributed by atoms with Crippen LogP contribution in [-0.2, 0) is 4.79 Å². The number of anilines is 1. The summed E-state index contributed by atoms with van der Waals surface area (Å²) in [5.74, 6) is 0.609. The number of fused-ring (bicyclic) bond motifs is 1. The van der Waals surface area contributed by atoms with Gasteiger partial charge in [0.2, 0.25) is 11.1 Å². The van der Waals surface area contributed by atoms with Crippen LogP contribution >= 0.6 is 23.4 Å². The zero-order valence-electron chi connectivity index (χ0n) is 14.8. The van der Waals surface area contributed by atoms with Crippen molar-refractivity contribution in [2.24, 2.45) is 0 Å². The lowest BCUT2D eigenvalue weighted by molar-refractivity contribution is -0.116. The van der Waals surface area contributed by atoms with Crippen LogP contribution in [0.15, 0.2) is 53.7 Å². The van der Waals surface area contributed by atoms with Gasteiger partial charge < -0.3 is 10.7 Å². The zero-order chi connectivity index (χ0) is 19.0. The van der Waals surface area contributed by atoms with Crippen LogP contribution in [0.4, 0.5) is 5.69 Å². The van der Waals surface area contributed by atoms with E-state index < -0.39 is 5.25 Å². The van der Waals surface area contributed by atoms with Crippen molar-refractivity contribution in [3.8, 4) is 0 Å². The Bertz CT molecular complexity index is 988. The number of carbonyl (C=O) groups is 1. The molecule has 4 rings (SSSR count). The van der Waals surface area contributed by atoms with E-state index in [1.54, 1.807) is 12.1 Å². The molecule has 2 atom stereocenters. The van der Waals surface area contributed by atoms with Gasteiger partial charge >= 0.3 is 0 Å². The molecule has 1 amide bonds. The first-order chi connectivity index (χ1) is 13.0. The van der Waals surface area contributed by atoms with E-state index in [4.69, 9.17) is 11.6 Å². The van der Waals surface area contributed by atoms with Gasteiger partial charge in [-0.05, 0) is 31.5 Å². The van der Waals surface area contributed by atoms with E-state index in [0.29, 0.717) is 15.9 Å². The Labute approximate surface area is 166 Å². The molecule has 0 saturated heterocycles. The largest absolute Gasteiger partial charge is 0.324 e. The normalized spacial score (nSPS) is 18.5. The van der Waals surface area contributed by atoms with Gasteiger partial charge in [-0.1, -0.05) is 65.3 Å². The van der Waals surface area contributed by atoms with E-state index in [1.165, 1.54) is 17.3 Å². The average molecular weight is 400 g/mol. The first-order valence-corrected chi connectivity index (χ1v) is 9.76. The third-order valence-corrected chi connectivity index (χ3v) is 5.97. The highest BCUT2D eigenvalue weighted by Crippen LogP contribution is 2.37. The second-order valence-corrected chi connectivity index (χ2v) is 7.91. The lowest BCUT2D eigenvalue weighted by atomic mass is 10.0. The van der Waals surface area contributed by atoms with Crippen LogP contribution < -0.4 is 10.7 Å². The maximum absolute atomic E-state index is 13.1. The molecule has 2 heterocycles. The number of hydrogen-bond donors (Lipinski definition) is 2. The molecule has 1 aliphatic rings. The number of aromatic nitrogens is 3. The molecule has 0 radical (unpaired) electrons. The third kappa shape index (κ3) is 3.52. The fourth-order valence-electron chi connectivity index (χ4n) is 2.95. The highest BCUT2D eigenvalue weighted by molar-refractivity contribution is 8.00. The number of nitrogens with one attached hydrogen (secondary N) is 2. The number of benzene rings is 2. The smallest absolute Gasteiger partial charge is 0.240 e. The molecule has 2 unspecified atom stereocenters. The Hall–Kier alpha value is -2.51. The van der Waals surface area contributed by atoms with Gasteiger partial charge in [-0.25, -0.2) is 4.68 Å². The highest BCUT2D eigenvalue weighted by Gasteiger charge is 2.37. The monoisotopic (exact) mass is 399 g/mol. The van der Waals surface area contributed by atoms with Crippen molar-refractivity contribution in [3.63, 3.8) is 0 Å².